The van der Waals surface area contributed by atoms with Crippen molar-refractivity contribution in [2.75, 3.05) is 27.6 Å². The number of carboxylic acid groups (broad SMARTS) is 1. The molecule has 0 aliphatic carbocycles. The molecule has 242 valence electrons. The van der Waals surface area contributed by atoms with Crippen LogP contribution in [0.3, 0.4) is 0 Å². The number of aliphatic hydroxyl groups is 1. The third-order valence-electron chi connectivity index (χ3n) is 7.91. The fourth-order valence-corrected chi connectivity index (χ4v) is 5.44. The van der Waals surface area contributed by atoms with Crippen LogP contribution < -0.4 is 29.6 Å². The monoisotopic (exact) mass is 621 g/mol. The molecular weight excluding hydrogens is 578 g/mol. The van der Waals surface area contributed by atoms with Crippen LogP contribution in [0.4, 0.5) is 9.59 Å². The molecule has 1 unspecified atom stereocenters. The first kappa shape index (κ1) is 33.3. The van der Waals surface area contributed by atoms with Crippen molar-refractivity contribution in [1.29, 1.82) is 0 Å². The van der Waals surface area contributed by atoms with Crippen LogP contribution in [0.2, 0.25) is 0 Å². The van der Waals surface area contributed by atoms with Gasteiger partial charge in [-0.3, -0.25) is 4.90 Å². The number of nitrogens with one attached hydrogen (secondary N) is 2. The Morgan fingerprint density at radius 3 is 2.16 bits per heavy atom. The van der Waals surface area contributed by atoms with Crippen molar-refractivity contribution >= 4 is 12.1 Å². The molecule has 0 fully saturated rings. The molecule has 11 nitrogen and oxygen atoms in total. The zero-order chi connectivity index (χ0) is 32.2. The summed E-state index contributed by atoms with van der Waals surface area (Å²) in [6, 6.07) is 18.3. The van der Waals surface area contributed by atoms with Crippen molar-refractivity contribution in [1.82, 2.24) is 15.5 Å². The Balaban J connectivity index is 1.57. The van der Waals surface area contributed by atoms with Gasteiger partial charge in [0.25, 0.3) is 0 Å². The van der Waals surface area contributed by atoms with Crippen molar-refractivity contribution in [3.63, 3.8) is 0 Å². The maximum Gasteiger partial charge on any atom is 0.408 e. The van der Waals surface area contributed by atoms with Crippen molar-refractivity contribution in [3.05, 3.63) is 83.4 Å². The van der Waals surface area contributed by atoms with Gasteiger partial charge in [-0.25, -0.2) is 9.59 Å². The van der Waals surface area contributed by atoms with Crippen LogP contribution in [0.25, 0.3) is 0 Å². The highest BCUT2D eigenvalue weighted by Crippen LogP contribution is 2.35. The van der Waals surface area contributed by atoms with E-state index in [1.165, 1.54) is 4.90 Å². The molecule has 3 aromatic rings. The van der Waals surface area contributed by atoms with Crippen LogP contribution >= 0.6 is 0 Å². The first-order valence-corrected chi connectivity index (χ1v) is 15.2. The molecule has 0 saturated heterocycles. The van der Waals surface area contributed by atoms with Crippen molar-refractivity contribution in [2.45, 2.75) is 63.7 Å². The number of hydrogen-bond donors (Lipinski definition) is 4. The normalized spacial score (nSPS) is 13.8. The zero-order valence-corrected chi connectivity index (χ0v) is 26.0. The van der Waals surface area contributed by atoms with E-state index in [-0.39, 0.29) is 26.0 Å². The van der Waals surface area contributed by atoms with Crippen molar-refractivity contribution in [3.8, 4) is 23.0 Å². The Morgan fingerprint density at radius 2 is 1.53 bits per heavy atom. The summed E-state index contributed by atoms with van der Waals surface area (Å²) in [6.45, 7) is 2.22. The first-order chi connectivity index (χ1) is 21.8. The van der Waals surface area contributed by atoms with E-state index in [4.69, 9.17) is 18.9 Å². The topological polar surface area (TPSA) is 139 Å². The highest BCUT2D eigenvalue weighted by molar-refractivity contribution is 5.75. The van der Waals surface area contributed by atoms with Crippen LogP contribution in [0, 0.1) is 0 Å². The fraction of sp³-hybridized carbons (Fsp3) is 0.412. The number of nitrogens with zero attached hydrogens (tertiary/aromatic N) is 1. The zero-order valence-electron chi connectivity index (χ0n) is 26.0. The van der Waals surface area contributed by atoms with Gasteiger partial charge < -0.3 is 39.8 Å². The molecule has 3 aromatic carbocycles. The minimum atomic E-state index is -1.07. The van der Waals surface area contributed by atoms with E-state index in [9.17, 15) is 19.8 Å². The third-order valence-corrected chi connectivity index (χ3v) is 7.91. The maximum atomic E-state index is 13.4. The van der Waals surface area contributed by atoms with Gasteiger partial charge in [0.15, 0.2) is 11.5 Å². The van der Waals surface area contributed by atoms with Crippen molar-refractivity contribution in [2.24, 2.45) is 0 Å². The lowest BCUT2D eigenvalue weighted by atomic mass is 9.94. The van der Waals surface area contributed by atoms with E-state index in [2.05, 4.69) is 17.6 Å². The molecule has 1 aliphatic rings. The second kappa shape index (κ2) is 16.4. The molecule has 0 aromatic heterocycles. The lowest BCUT2D eigenvalue weighted by Gasteiger charge is -2.33. The van der Waals surface area contributed by atoms with Gasteiger partial charge in [-0.1, -0.05) is 50.1 Å². The number of unbranched alkanes of at least 4 members (excludes halogenated alkanes) is 1. The summed E-state index contributed by atoms with van der Waals surface area (Å²) in [5.74, 6) is 2.56. The number of benzene rings is 3. The van der Waals surface area contributed by atoms with Crippen LogP contribution in [-0.4, -0.2) is 60.9 Å². The summed E-state index contributed by atoms with van der Waals surface area (Å²) in [7, 11) is 3.16. The molecule has 11 heteroatoms. The molecule has 1 aliphatic heterocycles. The Kier molecular flexibility index (Phi) is 12.1. The van der Waals surface area contributed by atoms with Gasteiger partial charge >= 0.3 is 12.1 Å². The molecule has 45 heavy (non-hydrogen) atoms. The summed E-state index contributed by atoms with van der Waals surface area (Å²) < 4.78 is 21.5. The molecule has 3 amide bonds. The number of hydrogen-bond acceptors (Lipinski definition) is 7. The molecule has 0 spiro atoms. The predicted molar refractivity (Wildman–Crippen MR) is 169 cm³/mol. The van der Waals surface area contributed by atoms with Crippen LogP contribution in [0.15, 0.2) is 66.7 Å². The van der Waals surface area contributed by atoms with Gasteiger partial charge in [0, 0.05) is 19.2 Å². The lowest BCUT2D eigenvalue weighted by molar-refractivity contribution is 0.113. The smallest absolute Gasteiger partial charge is 0.408 e. The molecule has 0 radical (unpaired) electrons. The number of amides is 3. The SMILES string of the molecule is CCCC[C@@H](CC(c1ccc(OC)cc1)N(Cc1ccc(OC)cc1)C(=O)O)NC(=O)N[C@@H](CCO)c1ccc2c(c1)OCO2. The molecule has 4 rings (SSSR count). The molecular formula is C34H43N3O8. The van der Waals surface area contributed by atoms with Gasteiger partial charge in [0.05, 0.1) is 26.3 Å². The number of aliphatic hydroxyl groups excluding tert-OH is 1. The average Bonchev–Trinajstić information content (AvgIpc) is 3.53. The van der Waals surface area contributed by atoms with E-state index < -0.39 is 24.2 Å². The Bertz CT molecular complexity index is 1380. The molecule has 4 N–H and O–H groups in total. The second-order valence-electron chi connectivity index (χ2n) is 10.9. The third kappa shape index (κ3) is 9.18. The van der Waals surface area contributed by atoms with Crippen LogP contribution in [0.5, 0.6) is 23.0 Å². The summed E-state index contributed by atoms with van der Waals surface area (Å²) in [4.78, 5) is 27.6. The van der Waals surface area contributed by atoms with E-state index in [1.807, 2.05) is 42.5 Å². The molecule has 1 heterocycles. The fourth-order valence-electron chi connectivity index (χ4n) is 5.44. The largest absolute Gasteiger partial charge is 0.497 e. The summed E-state index contributed by atoms with van der Waals surface area (Å²) >= 11 is 0. The second-order valence-corrected chi connectivity index (χ2v) is 10.9. The number of fused-ring (bicyclic) bond motifs is 1. The molecule has 3 atom stereocenters. The molecule has 0 saturated carbocycles. The summed E-state index contributed by atoms with van der Waals surface area (Å²) in [5, 5.41) is 26.3. The number of carbonyl (C=O) groups is 2. The number of urea groups is 1. The van der Waals surface area contributed by atoms with Crippen LogP contribution in [0.1, 0.15) is 67.8 Å². The van der Waals surface area contributed by atoms with Crippen LogP contribution in [-0.2, 0) is 6.54 Å². The highest BCUT2D eigenvalue weighted by atomic mass is 16.7. The predicted octanol–water partition coefficient (Wildman–Crippen LogP) is 6.03. The van der Waals surface area contributed by atoms with Gasteiger partial charge in [-0.2, -0.15) is 0 Å². The van der Waals surface area contributed by atoms with E-state index >= 15 is 0 Å². The summed E-state index contributed by atoms with van der Waals surface area (Å²) in [5.41, 5.74) is 2.37. The summed E-state index contributed by atoms with van der Waals surface area (Å²) in [6.07, 6.45) is 1.98. The van der Waals surface area contributed by atoms with E-state index in [0.29, 0.717) is 42.3 Å². The lowest BCUT2D eigenvalue weighted by Crippen LogP contribution is -2.46. The van der Waals surface area contributed by atoms with Gasteiger partial charge in [-0.05, 0) is 72.4 Å². The highest BCUT2D eigenvalue weighted by Gasteiger charge is 2.29. The number of carbonyl (C=O) groups excluding carboxylic acids is 1. The minimum absolute atomic E-state index is 0.128. The number of methoxy groups -OCH3 is 2. The minimum Gasteiger partial charge on any atom is -0.497 e. The van der Waals surface area contributed by atoms with Crippen molar-refractivity contribution < 1.29 is 38.7 Å². The van der Waals surface area contributed by atoms with E-state index in [0.717, 1.165) is 29.5 Å². The van der Waals surface area contributed by atoms with Gasteiger partial charge in [-0.15, -0.1) is 0 Å². The number of rotatable bonds is 16. The maximum absolute atomic E-state index is 13.4. The average molecular weight is 622 g/mol. The first-order valence-electron chi connectivity index (χ1n) is 15.2. The van der Waals surface area contributed by atoms with Gasteiger partial charge in [0.1, 0.15) is 11.5 Å². The van der Waals surface area contributed by atoms with E-state index in [1.54, 1.807) is 38.5 Å². The Labute approximate surface area is 264 Å². The molecule has 0 bridgehead atoms. The number of ether oxygens (including phenoxy) is 4. The van der Waals surface area contributed by atoms with Gasteiger partial charge in [0.2, 0.25) is 6.79 Å². The Hall–Kier alpha value is -4.64. The Morgan fingerprint density at radius 1 is 0.889 bits per heavy atom. The standard InChI is InChI=1S/C34H43N3O8/c1-4-5-6-26(35-33(39)36-29(17-18-38)25-11-16-31-32(19-25)45-22-44-31)20-30(24-9-14-28(43-3)15-10-24)37(34(40)41)21-23-7-12-27(42-2)13-8-23/h7-16,19,26,29-30,38H,4-6,17-18,20-22H2,1-3H3,(H,40,41)(H2,35,36,39)/t26-,29-,30?/m0/s1. The quantitative estimate of drug-likeness (QED) is 0.152.